The van der Waals surface area contributed by atoms with E-state index in [1.807, 2.05) is 37.3 Å². The summed E-state index contributed by atoms with van der Waals surface area (Å²) in [6.07, 6.45) is 1.68. The molecule has 0 aliphatic carbocycles. The predicted octanol–water partition coefficient (Wildman–Crippen LogP) is 3.06. The number of nitrogens with zero attached hydrogens (tertiary/aromatic N) is 3. The smallest absolute Gasteiger partial charge is 0.408 e. The third-order valence-corrected chi connectivity index (χ3v) is 8.21. The molecule has 0 saturated carbocycles. The molecular formula is C24H29N3O5S. The Labute approximate surface area is 193 Å². The summed E-state index contributed by atoms with van der Waals surface area (Å²) in [4.78, 5) is 26.4. The van der Waals surface area contributed by atoms with E-state index in [0.717, 1.165) is 5.56 Å². The zero-order valence-corrected chi connectivity index (χ0v) is 19.8. The SMILES string of the molecule is CCn1c(=O)oc2cc(S(=O)(=O)N3CCC(CC(=O)N(C)Cc4ccccc4)CC3)ccc21. The number of oxazole rings is 1. The van der Waals surface area contributed by atoms with Gasteiger partial charge < -0.3 is 9.32 Å². The van der Waals surface area contributed by atoms with Gasteiger partial charge in [-0.3, -0.25) is 9.36 Å². The maximum absolute atomic E-state index is 13.2. The normalized spacial score (nSPS) is 15.7. The summed E-state index contributed by atoms with van der Waals surface area (Å²) in [5, 5.41) is 0. The van der Waals surface area contributed by atoms with Crippen LogP contribution in [-0.2, 0) is 27.9 Å². The van der Waals surface area contributed by atoms with E-state index >= 15 is 0 Å². The van der Waals surface area contributed by atoms with Crippen molar-refractivity contribution in [3.63, 3.8) is 0 Å². The van der Waals surface area contributed by atoms with Crippen molar-refractivity contribution >= 4 is 27.0 Å². The molecule has 1 aliphatic rings. The van der Waals surface area contributed by atoms with Crippen LogP contribution in [0.1, 0.15) is 31.7 Å². The number of fused-ring (bicyclic) bond motifs is 1. The molecule has 0 unspecified atom stereocenters. The van der Waals surface area contributed by atoms with Crippen LogP contribution < -0.4 is 5.76 Å². The van der Waals surface area contributed by atoms with Gasteiger partial charge in [0.15, 0.2) is 5.58 Å². The maximum Gasteiger partial charge on any atom is 0.419 e. The van der Waals surface area contributed by atoms with Gasteiger partial charge in [0.1, 0.15) is 0 Å². The van der Waals surface area contributed by atoms with Crippen molar-refractivity contribution in [3.05, 3.63) is 64.6 Å². The first-order chi connectivity index (χ1) is 15.8. The molecule has 0 radical (unpaired) electrons. The van der Waals surface area contributed by atoms with Crippen molar-refractivity contribution in [1.82, 2.24) is 13.8 Å². The quantitative estimate of drug-likeness (QED) is 0.528. The van der Waals surface area contributed by atoms with Crippen LogP contribution in [0.4, 0.5) is 0 Å². The van der Waals surface area contributed by atoms with Crippen LogP contribution in [0, 0.1) is 5.92 Å². The fraction of sp³-hybridized carbons (Fsp3) is 0.417. The molecule has 9 heteroatoms. The van der Waals surface area contributed by atoms with Crippen molar-refractivity contribution in [2.24, 2.45) is 5.92 Å². The highest BCUT2D eigenvalue weighted by atomic mass is 32.2. The molecule has 1 fully saturated rings. The summed E-state index contributed by atoms with van der Waals surface area (Å²) in [6.45, 7) is 3.56. The number of rotatable bonds is 7. The average Bonchev–Trinajstić information content (AvgIpc) is 3.14. The van der Waals surface area contributed by atoms with Gasteiger partial charge in [-0.15, -0.1) is 0 Å². The summed E-state index contributed by atoms with van der Waals surface area (Å²) in [7, 11) is -1.91. The minimum absolute atomic E-state index is 0.0704. The molecule has 0 N–H and O–H groups in total. The third-order valence-electron chi connectivity index (χ3n) is 6.32. The lowest BCUT2D eigenvalue weighted by Gasteiger charge is -2.31. The number of amides is 1. The van der Waals surface area contributed by atoms with Gasteiger partial charge in [-0.1, -0.05) is 30.3 Å². The molecule has 1 saturated heterocycles. The molecule has 33 heavy (non-hydrogen) atoms. The Morgan fingerprint density at radius 1 is 1.12 bits per heavy atom. The van der Waals surface area contributed by atoms with Crippen LogP contribution in [0.3, 0.4) is 0 Å². The lowest BCUT2D eigenvalue weighted by molar-refractivity contribution is -0.131. The van der Waals surface area contributed by atoms with Gasteiger partial charge in [0.05, 0.1) is 10.4 Å². The number of carbonyl (C=O) groups excluding carboxylic acids is 1. The zero-order valence-electron chi connectivity index (χ0n) is 18.9. The van der Waals surface area contributed by atoms with Crippen LogP contribution in [-0.4, -0.2) is 48.2 Å². The second-order valence-corrected chi connectivity index (χ2v) is 10.5. The number of hydrogen-bond donors (Lipinski definition) is 0. The minimum atomic E-state index is -3.71. The predicted molar refractivity (Wildman–Crippen MR) is 125 cm³/mol. The molecule has 1 aromatic heterocycles. The second-order valence-electron chi connectivity index (χ2n) is 8.53. The number of benzene rings is 2. The third kappa shape index (κ3) is 4.89. The standard InChI is InChI=1S/C24H29N3O5S/c1-3-27-21-10-9-20(16-22(21)32-24(27)29)33(30,31)26-13-11-18(12-14-26)15-23(28)25(2)17-19-7-5-4-6-8-19/h4-10,16,18H,3,11-15,17H2,1-2H3. The van der Waals surface area contributed by atoms with E-state index < -0.39 is 15.8 Å². The largest absolute Gasteiger partial charge is 0.419 e. The Bertz CT molecular complexity index is 1290. The number of carbonyl (C=O) groups is 1. The summed E-state index contributed by atoms with van der Waals surface area (Å²) in [5.74, 6) is -0.271. The molecule has 2 aromatic carbocycles. The van der Waals surface area contributed by atoms with E-state index in [0.29, 0.717) is 51.0 Å². The minimum Gasteiger partial charge on any atom is -0.408 e. The van der Waals surface area contributed by atoms with Crippen LogP contribution in [0.5, 0.6) is 0 Å². The summed E-state index contributed by atoms with van der Waals surface area (Å²) < 4.78 is 34.5. The van der Waals surface area contributed by atoms with Crippen molar-refractivity contribution in [2.75, 3.05) is 20.1 Å². The molecule has 0 bridgehead atoms. The molecule has 0 spiro atoms. The van der Waals surface area contributed by atoms with Gasteiger partial charge in [0.2, 0.25) is 15.9 Å². The summed E-state index contributed by atoms with van der Waals surface area (Å²) in [5.41, 5.74) is 1.93. The Morgan fingerprint density at radius 2 is 1.82 bits per heavy atom. The summed E-state index contributed by atoms with van der Waals surface area (Å²) >= 11 is 0. The van der Waals surface area contributed by atoms with Crippen molar-refractivity contribution in [1.29, 1.82) is 0 Å². The van der Waals surface area contributed by atoms with Crippen LogP contribution >= 0.6 is 0 Å². The van der Waals surface area contributed by atoms with Gasteiger partial charge in [0.25, 0.3) is 0 Å². The molecule has 2 heterocycles. The monoisotopic (exact) mass is 471 g/mol. The van der Waals surface area contributed by atoms with E-state index in [9.17, 15) is 18.0 Å². The van der Waals surface area contributed by atoms with Gasteiger partial charge in [-0.05, 0) is 43.4 Å². The number of piperidine rings is 1. The first kappa shape index (κ1) is 23.3. The van der Waals surface area contributed by atoms with Crippen LogP contribution in [0.2, 0.25) is 0 Å². The van der Waals surface area contributed by atoms with E-state index in [2.05, 4.69) is 0 Å². The molecular weight excluding hydrogens is 442 g/mol. The highest BCUT2D eigenvalue weighted by molar-refractivity contribution is 7.89. The molecule has 0 atom stereocenters. The molecule has 1 aliphatic heterocycles. The summed E-state index contributed by atoms with van der Waals surface area (Å²) in [6, 6.07) is 14.4. The molecule has 4 rings (SSSR count). The molecule has 8 nitrogen and oxygen atoms in total. The number of aryl methyl sites for hydroxylation is 1. The number of aromatic nitrogens is 1. The Kier molecular flexibility index (Phi) is 6.71. The Hall–Kier alpha value is -2.91. The Morgan fingerprint density at radius 3 is 2.48 bits per heavy atom. The number of hydrogen-bond acceptors (Lipinski definition) is 5. The van der Waals surface area contributed by atoms with Crippen molar-refractivity contribution < 1.29 is 17.6 Å². The Balaban J connectivity index is 1.37. The van der Waals surface area contributed by atoms with Gasteiger partial charge >= 0.3 is 5.76 Å². The molecule has 176 valence electrons. The van der Waals surface area contributed by atoms with Crippen molar-refractivity contribution in [2.45, 2.75) is 44.2 Å². The number of sulfonamides is 1. The first-order valence-electron chi connectivity index (χ1n) is 11.2. The van der Waals surface area contributed by atoms with Gasteiger partial charge in [-0.25, -0.2) is 13.2 Å². The highest BCUT2D eigenvalue weighted by Crippen LogP contribution is 2.28. The lowest BCUT2D eigenvalue weighted by Crippen LogP contribution is -2.39. The molecule has 3 aromatic rings. The average molecular weight is 472 g/mol. The van der Waals surface area contributed by atoms with Crippen molar-refractivity contribution in [3.8, 4) is 0 Å². The lowest BCUT2D eigenvalue weighted by atomic mass is 9.94. The zero-order chi connectivity index (χ0) is 23.6. The highest BCUT2D eigenvalue weighted by Gasteiger charge is 2.31. The fourth-order valence-corrected chi connectivity index (χ4v) is 5.84. The van der Waals surface area contributed by atoms with Crippen LogP contribution in [0.25, 0.3) is 11.1 Å². The molecule has 1 amide bonds. The van der Waals surface area contributed by atoms with Gasteiger partial charge in [0, 0.05) is 45.7 Å². The van der Waals surface area contributed by atoms with Gasteiger partial charge in [-0.2, -0.15) is 4.31 Å². The first-order valence-corrected chi connectivity index (χ1v) is 12.6. The van der Waals surface area contributed by atoms with E-state index in [4.69, 9.17) is 4.42 Å². The van der Waals surface area contributed by atoms with E-state index in [1.54, 1.807) is 18.0 Å². The van der Waals surface area contributed by atoms with E-state index in [-0.39, 0.29) is 22.3 Å². The maximum atomic E-state index is 13.2. The van der Waals surface area contributed by atoms with Crippen LogP contribution in [0.15, 0.2) is 62.6 Å². The van der Waals surface area contributed by atoms with E-state index in [1.165, 1.54) is 21.0 Å². The topological polar surface area (TPSA) is 92.8 Å². The fourth-order valence-electron chi connectivity index (χ4n) is 4.36. The second kappa shape index (κ2) is 9.52.